The predicted octanol–water partition coefficient (Wildman–Crippen LogP) is 2.62. The molecule has 17 heavy (non-hydrogen) atoms. The number of ether oxygens (including phenoxy) is 1. The minimum absolute atomic E-state index is 0.750. The molecule has 2 heterocycles. The maximum absolute atomic E-state index is 5.04. The molecule has 0 aliphatic heterocycles. The van der Waals surface area contributed by atoms with Crippen LogP contribution in [-0.2, 0) is 11.2 Å². The van der Waals surface area contributed by atoms with Gasteiger partial charge in [0.2, 0.25) is 0 Å². The Morgan fingerprint density at radius 1 is 1.41 bits per heavy atom. The summed E-state index contributed by atoms with van der Waals surface area (Å²) in [7, 11) is 3.61. The average Bonchev–Trinajstić information content (AvgIpc) is 2.68. The predicted molar refractivity (Wildman–Crippen MR) is 71.9 cm³/mol. The maximum atomic E-state index is 5.04. The van der Waals surface area contributed by atoms with Gasteiger partial charge in [-0.2, -0.15) is 0 Å². The SMILES string of the molecule is CNc1nc(CCCOC)nc2sc(C)cc12. The van der Waals surface area contributed by atoms with Crippen molar-refractivity contribution in [3.8, 4) is 0 Å². The molecule has 0 unspecified atom stereocenters. The monoisotopic (exact) mass is 251 g/mol. The van der Waals surface area contributed by atoms with Gasteiger partial charge in [0.1, 0.15) is 16.5 Å². The minimum Gasteiger partial charge on any atom is -0.385 e. The molecule has 1 N–H and O–H groups in total. The van der Waals surface area contributed by atoms with Gasteiger partial charge in [0, 0.05) is 32.1 Å². The van der Waals surface area contributed by atoms with Crippen LogP contribution in [0.3, 0.4) is 0 Å². The van der Waals surface area contributed by atoms with Gasteiger partial charge in [-0.15, -0.1) is 11.3 Å². The Morgan fingerprint density at radius 2 is 2.24 bits per heavy atom. The van der Waals surface area contributed by atoms with Crippen LogP contribution in [0.1, 0.15) is 17.1 Å². The van der Waals surface area contributed by atoms with Gasteiger partial charge in [0.05, 0.1) is 5.39 Å². The maximum Gasteiger partial charge on any atom is 0.138 e. The summed E-state index contributed by atoms with van der Waals surface area (Å²) in [6, 6.07) is 2.13. The molecule has 4 nitrogen and oxygen atoms in total. The molecule has 92 valence electrons. The summed E-state index contributed by atoms with van der Waals surface area (Å²) >= 11 is 1.71. The lowest BCUT2D eigenvalue weighted by Crippen LogP contribution is -2.02. The van der Waals surface area contributed by atoms with Crippen molar-refractivity contribution in [2.75, 3.05) is 26.1 Å². The first-order valence-corrected chi connectivity index (χ1v) is 6.50. The summed E-state index contributed by atoms with van der Waals surface area (Å²) in [5.41, 5.74) is 0. The molecule has 2 aromatic rings. The van der Waals surface area contributed by atoms with Gasteiger partial charge in [0.15, 0.2) is 0 Å². The van der Waals surface area contributed by atoms with Gasteiger partial charge in [-0.05, 0) is 19.4 Å². The number of hydrogen-bond donors (Lipinski definition) is 1. The molecule has 0 spiro atoms. The average molecular weight is 251 g/mol. The molecule has 0 radical (unpaired) electrons. The number of aromatic nitrogens is 2. The van der Waals surface area contributed by atoms with Crippen LogP contribution in [-0.4, -0.2) is 30.7 Å². The molecule has 0 bridgehead atoms. The number of thiophene rings is 1. The standard InChI is InChI=1S/C12H17N3OS/c1-8-7-9-11(13-2)14-10(5-4-6-16-3)15-12(9)17-8/h7H,4-6H2,1-3H3,(H,13,14,15). The second kappa shape index (κ2) is 5.42. The van der Waals surface area contributed by atoms with Crippen molar-refractivity contribution in [3.63, 3.8) is 0 Å². The summed E-state index contributed by atoms with van der Waals surface area (Å²) in [5, 5.41) is 4.25. The first kappa shape index (κ1) is 12.3. The van der Waals surface area contributed by atoms with E-state index < -0.39 is 0 Å². The highest BCUT2D eigenvalue weighted by Crippen LogP contribution is 2.28. The second-order valence-corrected chi connectivity index (χ2v) is 5.15. The lowest BCUT2D eigenvalue weighted by molar-refractivity contribution is 0.194. The van der Waals surface area contributed by atoms with Gasteiger partial charge in [-0.3, -0.25) is 0 Å². The summed E-state index contributed by atoms with van der Waals surface area (Å²) in [4.78, 5) is 11.4. The van der Waals surface area contributed by atoms with Gasteiger partial charge in [-0.1, -0.05) is 0 Å². The summed E-state index contributed by atoms with van der Waals surface area (Å²) in [5.74, 6) is 1.81. The quantitative estimate of drug-likeness (QED) is 0.830. The number of nitrogens with zero attached hydrogens (tertiary/aromatic N) is 2. The molecule has 0 saturated heterocycles. The van der Waals surface area contributed by atoms with Gasteiger partial charge in [0.25, 0.3) is 0 Å². The number of fused-ring (bicyclic) bond motifs is 1. The van der Waals surface area contributed by atoms with Crippen LogP contribution in [0, 0.1) is 6.92 Å². The fourth-order valence-corrected chi connectivity index (χ4v) is 2.66. The Labute approximate surface area is 105 Å². The first-order chi connectivity index (χ1) is 8.24. The highest BCUT2D eigenvalue weighted by atomic mass is 32.1. The normalized spacial score (nSPS) is 11.0. The number of anilines is 1. The number of aryl methyl sites for hydroxylation is 2. The molecular formula is C12H17N3OS. The van der Waals surface area contributed by atoms with E-state index >= 15 is 0 Å². The zero-order valence-electron chi connectivity index (χ0n) is 10.4. The zero-order valence-corrected chi connectivity index (χ0v) is 11.2. The van der Waals surface area contributed by atoms with E-state index in [0.717, 1.165) is 41.3 Å². The van der Waals surface area contributed by atoms with E-state index in [1.165, 1.54) is 4.88 Å². The van der Waals surface area contributed by atoms with Crippen LogP contribution >= 0.6 is 11.3 Å². The first-order valence-electron chi connectivity index (χ1n) is 5.68. The molecule has 2 aromatic heterocycles. The van der Waals surface area contributed by atoms with Crippen molar-refractivity contribution in [3.05, 3.63) is 16.8 Å². The fourth-order valence-electron chi connectivity index (χ4n) is 1.76. The highest BCUT2D eigenvalue weighted by Gasteiger charge is 2.09. The Balaban J connectivity index is 2.31. The minimum atomic E-state index is 0.750. The van der Waals surface area contributed by atoms with Gasteiger partial charge in [-0.25, -0.2) is 9.97 Å². The van der Waals surface area contributed by atoms with E-state index in [1.54, 1.807) is 18.4 Å². The Morgan fingerprint density at radius 3 is 2.94 bits per heavy atom. The van der Waals surface area contributed by atoms with E-state index in [4.69, 9.17) is 4.74 Å². The van der Waals surface area contributed by atoms with Gasteiger partial charge >= 0.3 is 0 Å². The topological polar surface area (TPSA) is 47.0 Å². The fraction of sp³-hybridized carbons (Fsp3) is 0.500. The second-order valence-electron chi connectivity index (χ2n) is 3.91. The van der Waals surface area contributed by atoms with Crippen LogP contribution in [0.25, 0.3) is 10.2 Å². The van der Waals surface area contributed by atoms with Crippen LogP contribution in [0.15, 0.2) is 6.07 Å². The molecule has 0 atom stereocenters. The van der Waals surface area contributed by atoms with E-state index in [1.807, 2.05) is 7.05 Å². The summed E-state index contributed by atoms with van der Waals surface area (Å²) in [6.45, 7) is 2.84. The smallest absolute Gasteiger partial charge is 0.138 e. The van der Waals surface area contributed by atoms with Crippen molar-refractivity contribution in [1.29, 1.82) is 0 Å². The summed E-state index contributed by atoms with van der Waals surface area (Å²) in [6.07, 6.45) is 1.81. The van der Waals surface area contributed by atoms with Crippen LogP contribution < -0.4 is 5.32 Å². The van der Waals surface area contributed by atoms with Crippen molar-refractivity contribution >= 4 is 27.4 Å². The van der Waals surface area contributed by atoms with E-state index in [2.05, 4.69) is 28.3 Å². The van der Waals surface area contributed by atoms with Crippen molar-refractivity contribution < 1.29 is 4.74 Å². The van der Waals surface area contributed by atoms with Crippen LogP contribution in [0.4, 0.5) is 5.82 Å². The lowest BCUT2D eigenvalue weighted by atomic mass is 10.3. The summed E-state index contributed by atoms with van der Waals surface area (Å²) < 4.78 is 5.04. The van der Waals surface area contributed by atoms with E-state index in [-0.39, 0.29) is 0 Å². The van der Waals surface area contributed by atoms with Crippen molar-refractivity contribution in [2.45, 2.75) is 19.8 Å². The van der Waals surface area contributed by atoms with E-state index in [0.29, 0.717) is 0 Å². The molecule has 0 aromatic carbocycles. The van der Waals surface area contributed by atoms with E-state index in [9.17, 15) is 0 Å². The molecular weight excluding hydrogens is 234 g/mol. The number of hydrogen-bond acceptors (Lipinski definition) is 5. The third kappa shape index (κ3) is 2.73. The molecule has 5 heteroatoms. The third-order valence-electron chi connectivity index (χ3n) is 2.55. The van der Waals surface area contributed by atoms with Crippen molar-refractivity contribution in [2.24, 2.45) is 0 Å². The zero-order chi connectivity index (χ0) is 12.3. The lowest BCUT2D eigenvalue weighted by Gasteiger charge is -2.04. The molecule has 0 aliphatic rings. The Hall–Kier alpha value is -1.20. The van der Waals surface area contributed by atoms with Gasteiger partial charge < -0.3 is 10.1 Å². The molecule has 2 rings (SSSR count). The van der Waals surface area contributed by atoms with Crippen LogP contribution in [0.5, 0.6) is 0 Å². The number of rotatable bonds is 5. The largest absolute Gasteiger partial charge is 0.385 e. The molecule has 0 saturated carbocycles. The molecule has 0 amide bonds. The highest BCUT2D eigenvalue weighted by molar-refractivity contribution is 7.18. The number of methoxy groups -OCH3 is 1. The Bertz CT molecular complexity index is 510. The van der Waals surface area contributed by atoms with Crippen molar-refractivity contribution in [1.82, 2.24) is 9.97 Å². The Kier molecular flexibility index (Phi) is 3.91. The molecule has 0 aliphatic carbocycles. The van der Waals surface area contributed by atoms with Crippen LogP contribution in [0.2, 0.25) is 0 Å². The third-order valence-corrected chi connectivity index (χ3v) is 3.49. The molecule has 0 fully saturated rings. The number of nitrogens with one attached hydrogen (secondary N) is 1.